The Bertz CT molecular complexity index is 656. The second-order valence-electron chi connectivity index (χ2n) is 6.51. The van der Waals surface area contributed by atoms with Gasteiger partial charge in [-0.3, -0.25) is 15.0 Å². The van der Waals surface area contributed by atoms with Crippen molar-refractivity contribution in [3.05, 3.63) is 33.9 Å². The highest BCUT2D eigenvalue weighted by Gasteiger charge is 2.31. The van der Waals surface area contributed by atoms with Gasteiger partial charge in [0.05, 0.1) is 30.3 Å². The first-order valence-corrected chi connectivity index (χ1v) is 8.71. The first kappa shape index (κ1) is 18.6. The van der Waals surface area contributed by atoms with E-state index in [1.165, 1.54) is 12.1 Å². The van der Waals surface area contributed by atoms with Crippen LogP contribution < -0.4 is 5.32 Å². The van der Waals surface area contributed by atoms with Gasteiger partial charge in [-0.2, -0.15) is 0 Å². The Morgan fingerprint density at radius 2 is 2.12 bits per heavy atom. The van der Waals surface area contributed by atoms with Crippen LogP contribution in [0.4, 0.5) is 11.4 Å². The molecule has 0 unspecified atom stereocenters. The standard InChI is InChI=1S/C17H23N3O6/c21-17(22)14-9-13(20(23)24)1-2-15(14)18-10-16(12-3-6-26-11-12)19-4-7-25-8-5-19/h1-2,9,12,16,18H,3-8,10-11H2,(H,21,22)/t12-,16-/m1/s1. The van der Waals surface area contributed by atoms with Gasteiger partial charge in [0, 0.05) is 56.0 Å². The number of carboxylic acids is 1. The highest BCUT2D eigenvalue weighted by Crippen LogP contribution is 2.25. The summed E-state index contributed by atoms with van der Waals surface area (Å²) in [7, 11) is 0. The molecule has 2 atom stereocenters. The molecule has 2 aliphatic rings. The van der Waals surface area contributed by atoms with Gasteiger partial charge >= 0.3 is 5.97 Å². The summed E-state index contributed by atoms with van der Waals surface area (Å²) >= 11 is 0. The third-order valence-corrected chi connectivity index (χ3v) is 4.97. The molecular weight excluding hydrogens is 342 g/mol. The number of hydrogen-bond acceptors (Lipinski definition) is 7. The Morgan fingerprint density at radius 3 is 2.73 bits per heavy atom. The van der Waals surface area contributed by atoms with Crippen molar-refractivity contribution in [1.82, 2.24) is 4.90 Å². The van der Waals surface area contributed by atoms with Crippen molar-refractivity contribution in [1.29, 1.82) is 0 Å². The first-order valence-electron chi connectivity index (χ1n) is 8.71. The minimum atomic E-state index is -1.19. The van der Waals surface area contributed by atoms with Crippen LogP contribution in [0.25, 0.3) is 0 Å². The number of hydrogen-bond donors (Lipinski definition) is 2. The molecule has 0 saturated carbocycles. The first-order chi connectivity index (χ1) is 12.6. The second-order valence-corrected chi connectivity index (χ2v) is 6.51. The van der Waals surface area contributed by atoms with Crippen LogP contribution >= 0.6 is 0 Å². The minimum absolute atomic E-state index is 0.0948. The Morgan fingerprint density at radius 1 is 1.35 bits per heavy atom. The number of benzene rings is 1. The Labute approximate surface area is 151 Å². The summed E-state index contributed by atoms with van der Waals surface area (Å²) in [5, 5.41) is 23.5. The summed E-state index contributed by atoms with van der Waals surface area (Å²) in [4.78, 5) is 24.1. The zero-order valence-corrected chi connectivity index (χ0v) is 14.4. The number of nitro benzene ring substituents is 1. The highest BCUT2D eigenvalue weighted by molar-refractivity contribution is 5.95. The lowest BCUT2D eigenvalue weighted by Crippen LogP contribution is -2.50. The van der Waals surface area contributed by atoms with E-state index in [-0.39, 0.29) is 17.3 Å². The number of nitro groups is 1. The maximum absolute atomic E-state index is 11.5. The van der Waals surface area contributed by atoms with Crippen LogP contribution in [-0.2, 0) is 9.47 Å². The third-order valence-electron chi connectivity index (χ3n) is 4.97. The molecule has 2 aliphatic heterocycles. The van der Waals surface area contributed by atoms with Crippen LogP contribution in [0.5, 0.6) is 0 Å². The van der Waals surface area contributed by atoms with Gasteiger partial charge in [0.25, 0.3) is 5.69 Å². The lowest BCUT2D eigenvalue weighted by Gasteiger charge is -2.37. The summed E-state index contributed by atoms with van der Waals surface area (Å²) in [5.41, 5.74) is 0.0600. The monoisotopic (exact) mass is 365 g/mol. The van der Waals surface area contributed by atoms with Crippen molar-refractivity contribution in [2.24, 2.45) is 5.92 Å². The van der Waals surface area contributed by atoms with Gasteiger partial charge in [-0.05, 0) is 12.5 Å². The number of aromatic carboxylic acids is 1. The van der Waals surface area contributed by atoms with E-state index in [1.54, 1.807) is 0 Å². The molecule has 2 N–H and O–H groups in total. The summed E-state index contributed by atoms with van der Waals surface area (Å²) < 4.78 is 11.0. The molecule has 2 saturated heterocycles. The number of ether oxygens (including phenoxy) is 2. The van der Waals surface area contributed by atoms with Crippen LogP contribution in [0.2, 0.25) is 0 Å². The van der Waals surface area contributed by atoms with Crippen molar-refractivity contribution in [2.75, 3.05) is 51.4 Å². The predicted octanol–water partition coefficient (Wildman–Crippen LogP) is 1.44. The maximum atomic E-state index is 11.5. The molecule has 0 aromatic heterocycles. The highest BCUT2D eigenvalue weighted by atomic mass is 16.6. The zero-order valence-electron chi connectivity index (χ0n) is 14.4. The third kappa shape index (κ3) is 4.29. The minimum Gasteiger partial charge on any atom is -0.478 e. The van der Waals surface area contributed by atoms with Gasteiger partial charge in [0.1, 0.15) is 0 Å². The van der Waals surface area contributed by atoms with E-state index in [2.05, 4.69) is 10.2 Å². The fourth-order valence-corrected chi connectivity index (χ4v) is 3.55. The number of non-ortho nitro benzene ring substituents is 1. The molecule has 9 heteroatoms. The van der Waals surface area contributed by atoms with Crippen molar-refractivity contribution in [3.63, 3.8) is 0 Å². The van der Waals surface area contributed by atoms with Crippen molar-refractivity contribution in [2.45, 2.75) is 12.5 Å². The van der Waals surface area contributed by atoms with Crippen LogP contribution in [0.1, 0.15) is 16.8 Å². The van der Waals surface area contributed by atoms with Gasteiger partial charge < -0.3 is 19.9 Å². The van der Waals surface area contributed by atoms with Crippen LogP contribution in [0.3, 0.4) is 0 Å². The van der Waals surface area contributed by atoms with E-state index in [9.17, 15) is 20.0 Å². The van der Waals surface area contributed by atoms with Crippen molar-refractivity contribution in [3.8, 4) is 0 Å². The van der Waals surface area contributed by atoms with Gasteiger partial charge in [0.2, 0.25) is 0 Å². The smallest absolute Gasteiger partial charge is 0.338 e. The molecule has 0 radical (unpaired) electrons. The molecule has 142 valence electrons. The Kier molecular flexibility index (Phi) is 6.02. The molecule has 1 aromatic carbocycles. The molecule has 3 rings (SSSR count). The molecule has 2 fully saturated rings. The zero-order chi connectivity index (χ0) is 18.5. The van der Waals surface area contributed by atoms with Crippen LogP contribution in [-0.4, -0.2) is 73.0 Å². The Balaban J connectivity index is 1.75. The second kappa shape index (κ2) is 8.43. The molecule has 1 aromatic rings. The van der Waals surface area contributed by atoms with Gasteiger partial charge in [-0.1, -0.05) is 0 Å². The van der Waals surface area contributed by atoms with E-state index >= 15 is 0 Å². The normalized spacial score (nSPS) is 22.1. The van der Waals surface area contributed by atoms with Crippen LogP contribution in [0.15, 0.2) is 18.2 Å². The van der Waals surface area contributed by atoms with Crippen molar-refractivity contribution < 1.29 is 24.3 Å². The van der Waals surface area contributed by atoms with Gasteiger partial charge in [-0.15, -0.1) is 0 Å². The molecule has 9 nitrogen and oxygen atoms in total. The van der Waals surface area contributed by atoms with E-state index in [0.29, 0.717) is 38.0 Å². The van der Waals surface area contributed by atoms with Gasteiger partial charge in [-0.25, -0.2) is 4.79 Å². The van der Waals surface area contributed by atoms with Crippen molar-refractivity contribution >= 4 is 17.3 Å². The lowest BCUT2D eigenvalue weighted by atomic mass is 9.96. The summed E-state index contributed by atoms with van der Waals surface area (Å²) in [6.07, 6.45) is 0.968. The molecule has 0 spiro atoms. The van der Waals surface area contributed by atoms with Crippen LogP contribution in [0, 0.1) is 16.0 Å². The average molecular weight is 365 g/mol. The number of carboxylic acid groups (broad SMARTS) is 1. The molecular formula is C17H23N3O6. The SMILES string of the molecule is O=C(O)c1cc([N+](=O)[O-])ccc1NC[C@H]([C@@H]1CCOC1)N1CCOCC1. The number of morpholine rings is 1. The number of nitrogens with zero attached hydrogens (tertiary/aromatic N) is 2. The number of rotatable bonds is 7. The molecule has 0 aliphatic carbocycles. The average Bonchev–Trinajstić information content (AvgIpc) is 3.17. The van der Waals surface area contributed by atoms with E-state index < -0.39 is 10.9 Å². The molecule has 0 bridgehead atoms. The Hall–Kier alpha value is -2.23. The largest absolute Gasteiger partial charge is 0.478 e. The van der Waals surface area contributed by atoms with E-state index in [0.717, 1.165) is 32.2 Å². The number of nitrogens with one attached hydrogen (secondary N) is 1. The number of carbonyl (C=O) groups is 1. The van der Waals surface area contributed by atoms with E-state index in [4.69, 9.17) is 9.47 Å². The maximum Gasteiger partial charge on any atom is 0.338 e. The molecule has 2 heterocycles. The fraction of sp³-hybridized carbons (Fsp3) is 0.588. The van der Waals surface area contributed by atoms with E-state index in [1.807, 2.05) is 0 Å². The summed E-state index contributed by atoms with van der Waals surface area (Å²) in [5.74, 6) is -0.824. The molecule has 0 amide bonds. The summed E-state index contributed by atoms with van der Waals surface area (Å²) in [6, 6.07) is 4.06. The number of anilines is 1. The van der Waals surface area contributed by atoms with Gasteiger partial charge in [0.15, 0.2) is 0 Å². The summed E-state index contributed by atoms with van der Waals surface area (Å²) in [6.45, 7) is 5.00. The fourth-order valence-electron chi connectivity index (χ4n) is 3.55. The topological polar surface area (TPSA) is 114 Å². The quantitative estimate of drug-likeness (QED) is 0.551. The predicted molar refractivity (Wildman–Crippen MR) is 93.7 cm³/mol. The molecule has 26 heavy (non-hydrogen) atoms. The lowest BCUT2D eigenvalue weighted by molar-refractivity contribution is -0.384.